The second kappa shape index (κ2) is 10.2. The average Bonchev–Trinajstić information content (AvgIpc) is 2.98. The minimum absolute atomic E-state index is 0. The molecule has 0 amide bonds. The molecule has 0 bridgehead atoms. The number of phenols is 1. The molecule has 3 N–H and O–H groups in total. The quantitative estimate of drug-likeness (QED) is 0.342. The standard InChI is InChI=1S/C17H27N3O2S.HI/c1-4-18-16(20-12-17(2)8-5-9-23-17)19-11-13-10-14(22-3)6-7-15(13)21;/h6-7,10,21H,4-5,8-9,11-12H2,1-3H3,(H2,18,19,20);1H. The van der Waals surface area contributed by atoms with Gasteiger partial charge in [-0.2, -0.15) is 11.8 Å². The van der Waals surface area contributed by atoms with Crippen LogP contribution in [0.15, 0.2) is 23.2 Å². The van der Waals surface area contributed by atoms with E-state index in [4.69, 9.17) is 4.74 Å². The van der Waals surface area contributed by atoms with E-state index in [-0.39, 0.29) is 34.5 Å². The minimum Gasteiger partial charge on any atom is -0.508 e. The third-order valence-electron chi connectivity index (χ3n) is 3.97. The van der Waals surface area contributed by atoms with Crippen LogP contribution in [0.4, 0.5) is 0 Å². The summed E-state index contributed by atoms with van der Waals surface area (Å²) in [6, 6.07) is 5.20. The van der Waals surface area contributed by atoms with Crippen molar-refractivity contribution in [1.29, 1.82) is 0 Å². The van der Waals surface area contributed by atoms with Crippen molar-refractivity contribution in [1.82, 2.24) is 10.6 Å². The number of ether oxygens (including phenoxy) is 1. The first-order chi connectivity index (χ1) is 11.1. The number of nitrogens with one attached hydrogen (secondary N) is 2. The molecule has 1 aromatic carbocycles. The fourth-order valence-corrected chi connectivity index (χ4v) is 3.81. The van der Waals surface area contributed by atoms with Gasteiger partial charge in [0.1, 0.15) is 11.5 Å². The lowest BCUT2D eigenvalue weighted by molar-refractivity contribution is 0.411. The van der Waals surface area contributed by atoms with Crippen LogP contribution in [0.5, 0.6) is 11.5 Å². The molecule has 0 aliphatic carbocycles. The number of halogens is 1. The van der Waals surface area contributed by atoms with Gasteiger partial charge in [0, 0.05) is 23.4 Å². The smallest absolute Gasteiger partial charge is 0.191 e. The van der Waals surface area contributed by atoms with Crippen molar-refractivity contribution >= 4 is 41.7 Å². The molecule has 1 aromatic rings. The number of benzene rings is 1. The van der Waals surface area contributed by atoms with E-state index in [1.165, 1.54) is 18.6 Å². The van der Waals surface area contributed by atoms with Crippen LogP contribution >= 0.6 is 35.7 Å². The van der Waals surface area contributed by atoms with Crippen molar-refractivity contribution in [2.75, 3.05) is 26.0 Å². The molecular weight excluding hydrogens is 437 g/mol. The Morgan fingerprint density at radius 1 is 1.42 bits per heavy atom. The SMILES string of the molecule is CCNC(=NCc1cc(OC)ccc1O)NCC1(C)CCCS1.I. The number of aromatic hydroxyl groups is 1. The molecule has 1 saturated heterocycles. The van der Waals surface area contributed by atoms with Crippen LogP contribution in [0.1, 0.15) is 32.3 Å². The van der Waals surface area contributed by atoms with Crippen LogP contribution < -0.4 is 15.4 Å². The third-order valence-corrected chi connectivity index (χ3v) is 5.51. The maximum Gasteiger partial charge on any atom is 0.191 e. The van der Waals surface area contributed by atoms with Gasteiger partial charge >= 0.3 is 0 Å². The Hall–Kier alpha value is -0.830. The van der Waals surface area contributed by atoms with Crippen LogP contribution in [0, 0.1) is 0 Å². The van der Waals surface area contributed by atoms with Crippen LogP contribution in [-0.4, -0.2) is 41.8 Å². The van der Waals surface area contributed by atoms with E-state index in [2.05, 4.69) is 22.5 Å². The predicted octanol–water partition coefficient (Wildman–Crippen LogP) is 3.36. The van der Waals surface area contributed by atoms with Crippen molar-refractivity contribution in [3.63, 3.8) is 0 Å². The highest BCUT2D eigenvalue weighted by molar-refractivity contribution is 14.0. The highest BCUT2D eigenvalue weighted by Gasteiger charge is 2.29. The van der Waals surface area contributed by atoms with E-state index < -0.39 is 0 Å². The molecule has 136 valence electrons. The van der Waals surface area contributed by atoms with E-state index in [0.717, 1.165) is 30.4 Å². The maximum absolute atomic E-state index is 9.95. The molecule has 1 unspecified atom stereocenters. The molecule has 0 radical (unpaired) electrons. The van der Waals surface area contributed by atoms with E-state index in [0.29, 0.717) is 6.54 Å². The van der Waals surface area contributed by atoms with Crippen molar-refractivity contribution in [2.45, 2.75) is 38.0 Å². The molecule has 1 atom stereocenters. The molecule has 0 spiro atoms. The van der Waals surface area contributed by atoms with Gasteiger partial charge in [-0.25, -0.2) is 4.99 Å². The Morgan fingerprint density at radius 3 is 2.83 bits per heavy atom. The normalized spacial score (nSPS) is 20.4. The minimum atomic E-state index is 0. The lowest BCUT2D eigenvalue weighted by Crippen LogP contribution is -2.43. The van der Waals surface area contributed by atoms with Gasteiger partial charge in [0.25, 0.3) is 0 Å². The summed E-state index contributed by atoms with van der Waals surface area (Å²) in [7, 11) is 1.62. The predicted molar refractivity (Wildman–Crippen MR) is 113 cm³/mol. The van der Waals surface area contributed by atoms with E-state index in [1.54, 1.807) is 19.2 Å². The number of thioether (sulfide) groups is 1. The Labute approximate surface area is 166 Å². The van der Waals surface area contributed by atoms with Gasteiger partial charge in [0.2, 0.25) is 0 Å². The van der Waals surface area contributed by atoms with Crippen LogP contribution in [-0.2, 0) is 6.54 Å². The number of hydrogen-bond donors (Lipinski definition) is 3. The number of aliphatic imine (C=N–C) groups is 1. The molecule has 0 aromatic heterocycles. The fourth-order valence-electron chi connectivity index (χ4n) is 2.57. The van der Waals surface area contributed by atoms with Crippen molar-refractivity contribution in [3.8, 4) is 11.5 Å². The fraction of sp³-hybridized carbons (Fsp3) is 0.588. The highest BCUT2D eigenvalue weighted by Crippen LogP contribution is 2.36. The Balaban J connectivity index is 0.00000288. The molecule has 1 fully saturated rings. The summed E-state index contributed by atoms with van der Waals surface area (Å²) < 4.78 is 5.48. The Kier molecular flexibility index (Phi) is 9.04. The Bertz CT molecular complexity index is 549. The number of phenolic OH excluding ortho intramolecular Hbond substituents is 1. The third kappa shape index (κ3) is 6.23. The summed E-state index contributed by atoms with van der Waals surface area (Å²) in [5.74, 6) is 2.98. The van der Waals surface area contributed by atoms with Gasteiger partial charge in [0.05, 0.1) is 13.7 Å². The first-order valence-electron chi connectivity index (χ1n) is 8.08. The summed E-state index contributed by atoms with van der Waals surface area (Å²) in [6.45, 7) is 6.46. The van der Waals surface area contributed by atoms with Gasteiger partial charge in [-0.1, -0.05) is 0 Å². The molecule has 1 aliphatic heterocycles. The summed E-state index contributed by atoms with van der Waals surface area (Å²) in [5.41, 5.74) is 0.753. The highest BCUT2D eigenvalue weighted by atomic mass is 127. The summed E-state index contributed by atoms with van der Waals surface area (Å²) in [5, 5.41) is 16.6. The zero-order valence-corrected chi connectivity index (χ0v) is 17.7. The number of methoxy groups -OCH3 is 1. The zero-order chi connectivity index (χ0) is 16.7. The number of hydrogen-bond acceptors (Lipinski definition) is 4. The maximum atomic E-state index is 9.95. The van der Waals surface area contributed by atoms with Crippen LogP contribution in [0.3, 0.4) is 0 Å². The molecule has 5 nitrogen and oxygen atoms in total. The molecule has 1 heterocycles. The number of rotatable bonds is 6. The molecule has 0 saturated carbocycles. The average molecular weight is 465 g/mol. The zero-order valence-electron chi connectivity index (χ0n) is 14.6. The first kappa shape index (κ1) is 21.2. The number of guanidine groups is 1. The second-order valence-corrected chi connectivity index (χ2v) is 7.63. The lowest BCUT2D eigenvalue weighted by Gasteiger charge is -2.24. The number of nitrogens with zero attached hydrogens (tertiary/aromatic N) is 1. The van der Waals surface area contributed by atoms with E-state index >= 15 is 0 Å². The molecule has 1 aliphatic rings. The van der Waals surface area contributed by atoms with Crippen LogP contribution in [0.2, 0.25) is 0 Å². The van der Waals surface area contributed by atoms with Gasteiger partial charge in [-0.15, -0.1) is 24.0 Å². The van der Waals surface area contributed by atoms with E-state index in [9.17, 15) is 5.11 Å². The first-order valence-corrected chi connectivity index (χ1v) is 9.07. The van der Waals surface area contributed by atoms with Gasteiger partial charge in [-0.3, -0.25) is 0 Å². The largest absolute Gasteiger partial charge is 0.508 e. The summed E-state index contributed by atoms with van der Waals surface area (Å²) >= 11 is 2.02. The Morgan fingerprint density at radius 2 is 2.21 bits per heavy atom. The molecule has 24 heavy (non-hydrogen) atoms. The van der Waals surface area contributed by atoms with Gasteiger partial charge in [0.15, 0.2) is 5.96 Å². The molecule has 7 heteroatoms. The van der Waals surface area contributed by atoms with E-state index in [1.807, 2.05) is 24.8 Å². The monoisotopic (exact) mass is 465 g/mol. The second-order valence-electron chi connectivity index (χ2n) is 5.95. The van der Waals surface area contributed by atoms with Crippen molar-refractivity contribution < 1.29 is 9.84 Å². The van der Waals surface area contributed by atoms with Crippen molar-refractivity contribution in [2.24, 2.45) is 4.99 Å². The lowest BCUT2D eigenvalue weighted by atomic mass is 10.1. The van der Waals surface area contributed by atoms with Crippen LogP contribution in [0.25, 0.3) is 0 Å². The molecular formula is C17H28IN3O2S. The van der Waals surface area contributed by atoms with Crippen molar-refractivity contribution in [3.05, 3.63) is 23.8 Å². The summed E-state index contributed by atoms with van der Waals surface area (Å²) in [6.07, 6.45) is 2.52. The topological polar surface area (TPSA) is 65.9 Å². The summed E-state index contributed by atoms with van der Waals surface area (Å²) in [4.78, 5) is 4.58. The van der Waals surface area contributed by atoms with Gasteiger partial charge in [-0.05, 0) is 50.6 Å². The molecule has 2 rings (SSSR count). The van der Waals surface area contributed by atoms with Gasteiger partial charge < -0.3 is 20.5 Å².